The standard InChI is InChI=1S/C25H28/c1-3-10-24(21-17-15-20(2)16-18-21)19-25(22-11-6-4-7-12-22)23-13-8-5-9-14-23/h4-9,11-18,24-25H,3,10,19H2,1-2H3. The highest BCUT2D eigenvalue weighted by atomic mass is 14.2. The van der Waals surface area contributed by atoms with E-state index in [1.165, 1.54) is 35.1 Å². The van der Waals surface area contributed by atoms with Gasteiger partial charge >= 0.3 is 0 Å². The van der Waals surface area contributed by atoms with Crippen LogP contribution in [0.2, 0.25) is 0 Å². The van der Waals surface area contributed by atoms with Crippen molar-refractivity contribution in [2.75, 3.05) is 0 Å². The molecule has 1 atom stereocenters. The van der Waals surface area contributed by atoms with Crippen LogP contribution >= 0.6 is 0 Å². The molecule has 0 amide bonds. The van der Waals surface area contributed by atoms with Crippen molar-refractivity contribution in [3.8, 4) is 0 Å². The van der Waals surface area contributed by atoms with Crippen LogP contribution in [0.25, 0.3) is 0 Å². The SMILES string of the molecule is CCCC(CC(c1ccccc1)c1ccccc1)c1ccc(C)cc1. The lowest BCUT2D eigenvalue weighted by Gasteiger charge is -2.25. The van der Waals surface area contributed by atoms with Crippen LogP contribution in [0.3, 0.4) is 0 Å². The van der Waals surface area contributed by atoms with E-state index in [1.54, 1.807) is 0 Å². The predicted molar refractivity (Wildman–Crippen MR) is 108 cm³/mol. The average Bonchev–Trinajstić information content (AvgIpc) is 2.67. The minimum atomic E-state index is 0.445. The zero-order chi connectivity index (χ0) is 17.5. The zero-order valence-corrected chi connectivity index (χ0v) is 15.4. The fraction of sp³-hybridized carbons (Fsp3) is 0.280. The van der Waals surface area contributed by atoms with Crippen molar-refractivity contribution in [3.05, 3.63) is 107 Å². The van der Waals surface area contributed by atoms with Crippen molar-refractivity contribution in [2.45, 2.75) is 44.9 Å². The van der Waals surface area contributed by atoms with Gasteiger partial charge in [0.25, 0.3) is 0 Å². The van der Waals surface area contributed by atoms with E-state index in [0.717, 1.165) is 6.42 Å². The second kappa shape index (κ2) is 8.67. The van der Waals surface area contributed by atoms with Crippen molar-refractivity contribution >= 4 is 0 Å². The van der Waals surface area contributed by atoms with E-state index < -0.39 is 0 Å². The van der Waals surface area contributed by atoms with Crippen LogP contribution in [0.1, 0.15) is 60.3 Å². The summed E-state index contributed by atoms with van der Waals surface area (Å²) >= 11 is 0. The molecule has 0 saturated heterocycles. The maximum atomic E-state index is 2.32. The first-order chi connectivity index (χ1) is 12.3. The van der Waals surface area contributed by atoms with Gasteiger partial charge in [0, 0.05) is 5.92 Å². The first-order valence-corrected chi connectivity index (χ1v) is 9.44. The average molecular weight is 328 g/mol. The molecule has 0 aliphatic carbocycles. The molecule has 0 aliphatic heterocycles. The van der Waals surface area contributed by atoms with Gasteiger partial charge in [0.05, 0.1) is 0 Å². The van der Waals surface area contributed by atoms with Crippen LogP contribution in [0.15, 0.2) is 84.9 Å². The van der Waals surface area contributed by atoms with Gasteiger partial charge < -0.3 is 0 Å². The Hall–Kier alpha value is -2.34. The third-order valence-electron chi connectivity index (χ3n) is 5.11. The number of rotatable bonds is 7. The van der Waals surface area contributed by atoms with Gasteiger partial charge in [-0.1, -0.05) is 104 Å². The Labute approximate surface area is 152 Å². The molecular formula is C25H28. The van der Waals surface area contributed by atoms with Crippen LogP contribution in [0, 0.1) is 6.92 Å². The topological polar surface area (TPSA) is 0 Å². The van der Waals surface area contributed by atoms with Crippen LogP contribution in [-0.2, 0) is 0 Å². The molecular weight excluding hydrogens is 300 g/mol. The number of benzene rings is 3. The molecule has 25 heavy (non-hydrogen) atoms. The second-order valence-electron chi connectivity index (χ2n) is 7.01. The molecule has 0 fully saturated rings. The molecule has 3 aromatic carbocycles. The normalized spacial score (nSPS) is 12.3. The molecule has 0 nitrogen and oxygen atoms in total. The summed E-state index contributed by atoms with van der Waals surface area (Å²) in [6.07, 6.45) is 3.61. The molecule has 0 heterocycles. The number of hydrogen-bond acceptors (Lipinski definition) is 0. The van der Waals surface area contributed by atoms with Gasteiger partial charge in [0.1, 0.15) is 0 Å². The summed E-state index contributed by atoms with van der Waals surface area (Å²) in [4.78, 5) is 0. The third kappa shape index (κ3) is 4.60. The highest BCUT2D eigenvalue weighted by molar-refractivity contribution is 5.34. The summed E-state index contributed by atoms with van der Waals surface area (Å²) in [5.74, 6) is 1.04. The zero-order valence-electron chi connectivity index (χ0n) is 15.4. The van der Waals surface area contributed by atoms with E-state index >= 15 is 0 Å². The third-order valence-corrected chi connectivity index (χ3v) is 5.11. The summed E-state index contributed by atoms with van der Waals surface area (Å²) in [5.41, 5.74) is 5.65. The fourth-order valence-corrected chi connectivity index (χ4v) is 3.73. The minimum Gasteiger partial charge on any atom is -0.0654 e. The van der Waals surface area contributed by atoms with E-state index in [1.807, 2.05) is 0 Å². The van der Waals surface area contributed by atoms with E-state index in [9.17, 15) is 0 Å². The van der Waals surface area contributed by atoms with Crippen molar-refractivity contribution in [3.63, 3.8) is 0 Å². The maximum absolute atomic E-state index is 2.32. The van der Waals surface area contributed by atoms with Gasteiger partial charge in [0.15, 0.2) is 0 Å². The quantitative estimate of drug-likeness (QED) is 0.434. The van der Waals surface area contributed by atoms with Crippen LogP contribution < -0.4 is 0 Å². The summed E-state index contributed by atoms with van der Waals surface area (Å²) in [5, 5.41) is 0. The molecule has 0 N–H and O–H groups in total. The Morgan fingerprint density at radius 2 is 1.16 bits per heavy atom. The predicted octanol–water partition coefficient (Wildman–Crippen LogP) is 7.10. The van der Waals surface area contributed by atoms with E-state index in [2.05, 4.69) is 98.8 Å². The van der Waals surface area contributed by atoms with Crippen LogP contribution in [0.5, 0.6) is 0 Å². The van der Waals surface area contributed by atoms with Gasteiger partial charge in [0.2, 0.25) is 0 Å². The second-order valence-corrected chi connectivity index (χ2v) is 7.01. The summed E-state index contributed by atoms with van der Waals surface area (Å²) < 4.78 is 0. The Kier molecular flexibility index (Phi) is 6.06. The fourth-order valence-electron chi connectivity index (χ4n) is 3.73. The Morgan fingerprint density at radius 3 is 1.64 bits per heavy atom. The van der Waals surface area contributed by atoms with Gasteiger partial charge in [-0.3, -0.25) is 0 Å². The van der Waals surface area contributed by atoms with E-state index in [0.29, 0.717) is 11.8 Å². The molecule has 128 valence electrons. The van der Waals surface area contributed by atoms with Crippen molar-refractivity contribution in [1.82, 2.24) is 0 Å². The van der Waals surface area contributed by atoms with Crippen LogP contribution in [-0.4, -0.2) is 0 Å². The smallest absolute Gasteiger partial charge is 0.00951 e. The molecule has 3 aromatic rings. The lowest BCUT2D eigenvalue weighted by Crippen LogP contribution is -2.08. The number of hydrogen-bond donors (Lipinski definition) is 0. The maximum Gasteiger partial charge on any atom is 0.00951 e. The van der Waals surface area contributed by atoms with Crippen LogP contribution in [0.4, 0.5) is 0 Å². The van der Waals surface area contributed by atoms with E-state index in [-0.39, 0.29) is 0 Å². The molecule has 3 rings (SSSR count). The molecule has 0 aliphatic rings. The summed E-state index contributed by atoms with van der Waals surface area (Å²) in [7, 11) is 0. The minimum absolute atomic E-state index is 0.445. The Balaban J connectivity index is 1.93. The summed E-state index contributed by atoms with van der Waals surface area (Å²) in [6, 6.07) is 31.1. The highest BCUT2D eigenvalue weighted by Crippen LogP contribution is 2.37. The molecule has 0 saturated carbocycles. The van der Waals surface area contributed by atoms with E-state index in [4.69, 9.17) is 0 Å². The lowest BCUT2D eigenvalue weighted by molar-refractivity contribution is 0.534. The van der Waals surface area contributed by atoms with Crippen molar-refractivity contribution < 1.29 is 0 Å². The molecule has 0 radical (unpaired) electrons. The Morgan fingerprint density at radius 1 is 0.640 bits per heavy atom. The molecule has 0 heteroatoms. The molecule has 1 unspecified atom stereocenters. The van der Waals surface area contributed by atoms with Gasteiger partial charge in [-0.15, -0.1) is 0 Å². The van der Waals surface area contributed by atoms with Gasteiger partial charge in [-0.2, -0.15) is 0 Å². The van der Waals surface area contributed by atoms with Gasteiger partial charge in [-0.25, -0.2) is 0 Å². The van der Waals surface area contributed by atoms with Crippen molar-refractivity contribution in [1.29, 1.82) is 0 Å². The highest BCUT2D eigenvalue weighted by Gasteiger charge is 2.20. The summed E-state index contributed by atoms with van der Waals surface area (Å²) in [6.45, 7) is 4.45. The largest absolute Gasteiger partial charge is 0.0654 e. The molecule has 0 aromatic heterocycles. The number of aryl methyl sites for hydroxylation is 1. The molecule has 0 bridgehead atoms. The molecule has 0 spiro atoms. The first kappa shape index (κ1) is 17.5. The first-order valence-electron chi connectivity index (χ1n) is 9.44. The monoisotopic (exact) mass is 328 g/mol. The Bertz CT molecular complexity index is 702. The van der Waals surface area contributed by atoms with Crippen molar-refractivity contribution in [2.24, 2.45) is 0 Å². The van der Waals surface area contributed by atoms with Gasteiger partial charge in [-0.05, 0) is 42.4 Å². The lowest BCUT2D eigenvalue weighted by atomic mass is 9.79.